The summed E-state index contributed by atoms with van der Waals surface area (Å²) in [5.41, 5.74) is 1.17. The van der Waals surface area contributed by atoms with Crippen molar-refractivity contribution in [2.24, 2.45) is 0 Å². The molecule has 0 aromatic heterocycles. The molecule has 0 radical (unpaired) electrons. The van der Waals surface area contributed by atoms with Gasteiger partial charge in [-0.1, -0.05) is 35.9 Å². The zero-order valence-electron chi connectivity index (χ0n) is 9.56. The van der Waals surface area contributed by atoms with Crippen LogP contribution in [0.25, 0.3) is 0 Å². The largest absolute Gasteiger partial charge is 0.508 e. The number of phenolic OH excluding ortho intramolecular Hbond substituents is 1. The number of phenols is 1. The molecule has 0 saturated heterocycles. The number of para-hydroxylation sites is 1. The van der Waals surface area contributed by atoms with E-state index in [4.69, 9.17) is 11.6 Å². The second kappa shape index (κ2) is 5.56. The average Bonchev–Trinajstić information content (AvgIpc) is 2.37. The molecule has 0 aliphatic carbocycles. The fourth-order valence-electron chi connectivity index (χ4n) is 1.57. The van der Waals surface area contributed by atoms with Crippen LogP contribution in [-0.2, 0) is 6.54 Å². The van der Waals surface area contributed by atoms with Crippen LogP contribution < -0.4 is 5.32 Å². The lowest BCUT2D eigenvalue weighted by atomic mass is 10.2. The Labute approximate surface area is 110 Å². The lowest BCUT2D eigenvalue weighted by molar-refractivity contribution is 0.0951. The molecular weight excluding hydrogens is 250 g/mol. The molecule has 4 heteroatoms. The van der Waals surface area contributed by atoms with Gasteiger partial charge in [0.1, 0.15) is 5.75 Å². The maximum atomic E-state index is 11.8. The Bertz CT molecular complexity index is 569. The second-order valence-electron chi connectivity index (χ2n) is 3.82. The third-order valence-corrected chi connectivity index (χ3v) is 2.75. The number of amides is 1. The van der Waals surface area contributed by atoms with Crippen molar-refractivity contribution in [1.82, 2.24) is 5.32 Å². The highest BCUT2D eigenvalue weighted by Gasteiger charge is 2.06. The van der Waals surface area contributed by atoms with Gasteiger partial charge >= 0.3 is 0 Å². The van der Waals surface area contributed by atoms with E-state index in [1.54, 1.807) is 48.5 Å². The van der Waals surface area contributed by atoms with Crippen molar-refractivity contribution >= 4 is 17.5 Å². The van der Waals surface area contributed by atoms with Crippen molar-refractivity contribution in [3.05, 3.63) is 64.7 Å². The van der Waals surface area contributed by atoms with E-state index in [2.05, 4.69) is 5.32 Å². The van der Waals surface area contributed by atoms with Gasteiger partial charge in [0.2, 0.25) is 0 Å². The average molecular weight is 262 g/mol. The highest BCUT2D eigenvalue weighted by molar-refractivity contribution is 6.30. The van der Waals surface area contributed by atoms with Crippen LogP contribution in [0.5, 0.6) is 5.75 Å². The van der Waals surface area contributed by atoms with Crippen LogP contribution in [0.15, 0.2) is 48.5 Å². The number of halogens is 1. The van der Waals surface area contributed by atoms with Crippen molar-refractivity contribution in [2.75, 3.05) is 0 Å². The summed E-state index contributed by atoms with van der Waals surface area (Å²) in [6, 6.07) is 13.6. The molecule has 0 saturated carbocycles. The predicted octanol–water partition coefficient (Wildman–Crippen LogP) is 2.98. The van der Waals surface area contributed by atoms with Gasteiger partial charge in [-0.3, -0.25) is 4.79 Å². The fraction of sp³-hybridized carbons (Fsp3) is 0.0714. The summed E-state index contributed by atoms with van der Waals surface area (Å²) in [4.78, 5) is 11.8. The molecule has 0 atom stereocenters. The van der Waals surface area contributed by atoms with Gasteiger partial charge in [-0.15, -0.1) is 0 Å². The van der Waals surface area contributed by atoms with Gasteiger partial charge in [-0.2, -0.15) is 0 Å². The summed E-state index contributed by atoms with van der Waals surface area (Å²) < 4.78 is 0. The molecule has 0 unspecified atom stereocenters. The minimum atomic E-state index is -0.222. The standard InChI is InChI=1S/C14H12ClNO2/c15-12-6-3-5-10(8-12)14(18)16-9-11-4-1-2-7-13(11)17/h1-8,17H,9H2,(H,16,18). The quantitative estimate of drug-likeness (QED) is 0.892. The molecule has 1 amide bonds. The number of hydrogen-bond donors (Lipinski definition) is 2. The fourth-order valence-corrected chi connectivity index (χ4v) is 1.76. The van der Waals surface area contributed by atoms with Gasteiger partial charge in [-0.25, -0.2) is 0 Å². The third-order valence-electron chi connectivity index (χ3n) is 2.52. The van der Waals surface area contributed by atoms with Crippen LogP contribution in [0.1, 0.15) is 15.9 Å². The molecule has 2 rings (SSSR count). The molecule has 3 nitrogen and oxygen atoms in total. The van der Waals surface area contributed by atoms with Gasteiger partial charge in [0, 0.05) is 22.7 Å². The molecule has 0 spiro atoms. The number of hydrogen-bond acceptors (Lipinski definition) is 2. The summed E-state index contributed by atoms with van der Waals surface area (Å²) >= 11 is 5.81. The minimum Gasteiger partial charge on any atom is -0.508 e. The molecule has 2 N–H and O–H groups in total. The smallest absolute Gasteiger partial charge is 0.251 e. The Hall–Kier alpha value is -2.00. The van der Waals surface area contributed by atoms with Crippen LogP contribution in [0.3, 0.4) is 0 Å². The highest BCUT2D eigenvalue weighted by Crippen LogP contribution is 2.15. The first kappa shape index (κ1) is 12.5. The molecule has 0 heterocycles. The van der Waals surface area contributed by atoms with E-state index in [1.807, 2.05) is 0 Å². The molecule has 0 aliphatic heterocycles. The summed E-state index contributed by atoms with van der Waals surface area (Å²) in [7, 11) is 0. The van der Waals surface area contributed by atoms with E-state index in [1.165, 1.54) is 0 Å². The van der Waals surface area contributed by atoms with Crippen molar-refractivity contribution in [2.45, 2.75) is 6.54 Å². The summed E-state index contributed by atoms with van der Waals surface area (Å²) in [6.45, 7) is 0.276. The molecule has 2 aromatic carbocycles. The molecule has 0 bridgehead atoms. The Morgan fingerprint density at radius 1 is 1.17 bits per heavy atom. The van der Waals surface area contributed by atoms with E-state index in [0.717, 1.165) is 0 Å². The van der Waals surface area contributed by atoms with Crippen molar-refractivity contribution in [3.63, 3.8) is 0 Å². The Morgan fingerprint density at radius 2 is 1.94 bits per heavy atom. The normalized spacial score (nSPS) is 10.1. The topological polar surface area (TPSA) is 49.3 Å². The van der Waals surface area contributed by atoms with Crippen molar-refractivity contribution in [1.29, 1.82) is 0 Å². The van der Waals surface area contributed by atoms with Gasteiger partial charge in [0.15, 0.2) is 0 Å². The molecule has 2 aromatic rings. The predicted molar refractivity (Wildman–Crippen MR) is 70.7 cm³/mol. The zero-order chi connectivity index (χ0) is 13.0. The van der Waals surface area contributed by atoms with E-state index in [9.17, 15) is 9.90 Å². The maximum Gasteiger partial charge on any atom is 0.251 e. The SMILES string of the molecule is O=C(NCc1ccccc1O)c1cccc(Cl)c1. The number of aromatic hydroxyl groups is 1. The first-order valence-corrected chi connectivity index (χ1v) is 5.85. The third kappa shape index (κ3) is 3.02. The number of carbonyl (C=O) groups excluding carboxylic acids is 1. The van der Waals surface area contributed by atoms with Gasteiger partial charge < -0.3 is 10.4 Å². The van der Waals surface area contributed by atoms with Crippen LogP contribution in [0.2, 0.25) is 5.02 Å². The zero-order valence-corrected chi connectivity index (χ0v) is 10.3. The summed E-state index contributed by atoms with van der Waals surface area (Å²) in [6.07, 6.45) is 0. The second-order valence-corrected chi connectivity index (χ2v) is 4.26. The molecule has 0 aliphatic rings. The lowest BCUT2D eigenvalue weighted by Crippen LogP contribution is -2.22. The Kier molecular flexibility index (Phi) is 3.85. The lowest BCUT2D eigenvalue weighted by Gasteiger charge is -2.07. The first-order valence-electron chi connectivity index (χ1n) is 5.47. The van der Waals surface area contributed by atoms with Crippen LogP contribution in [-0.4, -0.2) is 11.0 Å². The summed E-state index contributed by atoms with van der Waals surface area (Å²) in [5, 5.41) is 12.8. The monoisotopic (exact) mass is 261 g/mol. The van der Waals surface area contributed by atoms with Crippen LogP contribution >= 0.6 is 11.6 Å². The van der Waals surface area contributed by atoms with Gasteiger partial charge in [0.05, 0.1) is 0 Å². The van der Waals surface area contributed by atoms with Gasteiger partial charge in [-0.05, 0) is 24.3 Å². The van der Waals surface area contributed by atoms with Crippen molar-refractivity contribution in [3.8, 4) is 5.75 Å². The van der Waals surface area contributed by atoms with Crippen LogP contribution in [0.4, 0.5) is 0 Å². The number of carbonyl (C=O) groups is 1. The molecule has 18 heavy (non-hydrogen) atoms. The summed E-state index contributed by atoms with van der Waals surface area (Å²) in [5.74, 6) is -0.0513. The number of nitrogens with one attached hydrogen (secondary N) is 1. The molecule has 92 valence electrons. The van der Waals surface area contributed by atoms with Crippen molar-refractivity contribution < 1.29 is 9.90 Å². The highest BCUT2D eigenvalue weighted by atomic mass is 35.5. The maximum absolute atomic E-state index is 11.8. The molecule has 0 fully saturated rings. The molecular formula is C14H12ClNO2. The van der Waals surface area contributed by atoms with E-state index in [0.29, 0.717) is 16.1 Å². The first-order chi connectivity index (χ1) is 8.66. The Balaban J connectivity index is 2.03. The number of rotatable bonds is 3. The minimum absolute atomic E-state index is 0.170. The van der Waals surface area contributed by atoms with E-state index >= 15 is 0 Å². The van der Waals surface area contributed by atoms with E-state index < -0.39 is 0 Å². The Morgan fingerprint density at radius 3 is 2.67 bits per heavy atom. The van der Waals surface area contributed by atoms with Crippen LogP contribution in [0, 0.1) is 0 Å². The van der Waals surface area contributed by atoms with Gasteiger partial charge in [0.25, 0.3) is 5.91 Å². The van der Waals surface area contributed by atoms with E-state index in [-0.39, 0.29) is 18.2 Å². The number of benzene rings is 2.